The molecule has 0 aliphatic rings. The SMILES string of the molecule is OC(CC(Nc1ccc(I)cc1)c1ccc(Cl)c(Cl)c1)c1ccc(F)cc1. The lowest BCUT2D eigenvalue weighted by Crippen LogP contribution is -2.15. The third-order valence-electron chi connectivity index (χ3n) is 4.24. The number of aliphatic hydroxyl groups is 1. The number of nitrogens with one attached hydrogen (secondary N) is 1. The van der Waals surface area contributed by atoms with Crippen molar-refractivity contribution < 1.29 is 9.50 Å². The Balaban J connectivity index is 1.87. The smallest absolute Gasteiger partial charge is 0.123 e. The van der Waals surface area contributed by atoms with Crippen LogP contribution in [0.25, 0.3) is 0 Å². The highest BCUT2D eigenvalue weighted by Crippen LogP contribution is 2.33. The number of aliphatic hydroxyl groups excluding tert-OH is 1. The number of hydrogen-bond acceptors (Lipinski definition) is 2. The third-order valence-corrected chi connectivity index (χ3v) is 5.70. The van der Waals surface area contributed by atoms with E-state index in [1.165, 1.54) is 12.1 Å². The van der Waals surface area contributed by atoms with E-state index in [4.69, 9.17) is 23.2 Å². The lowest BCUT2D eigenvalue weighted by atomic mass is 9.96. The van der Waals surface area contributed by atoms with E-state index in [9.17, 15) is 9.50 Å². The van der Waals surface area contributed by atoms with Crippen LogP contribution in [-0.4, -0.2) is 5.11 Å². The maximum atomic E-state index is 13.2. The molecular formula is C21H17Cl2FINO. The van der Waals surface area contributed by atoms with Gasteiger partial charge in [-0.05, 0) is 82.2 Å². The zero-order valence-electron chi connectivity index (χ0n) is 14.2. The molecule has 0 amide bonds. The van der Waals surface area contributed by atoms with E-state index in [2.05, 4.69) is 27.9 Å². The van der Waals surface area contributed by atoms with Crippen LogP contribution < -0.4 is 5.32 Å². The van der Waals surface area contributed by atoms with E-state index >= 15 is 0 Å². The first-order valence-corrected chi connectivity index (χ1v) is 10.2. The number of halogens is 4. The van der Waals surface area contributed by atoms with Gasteiger partial charge in [0, 0.05) is 15.7 Å². The predicted molar refractivity (Wildman–Crippen MR) is 118 cm³/mol. The highest BCUT2D eigenvalue weighted by atomic mass is 127. The Bertz CT molecular complexity index is 903. The zero-order valence-corrected chi connectivity index (χ0v) is 17.8. The second-order valence-electron chi connectivity index (χ2n) is 6.18. The number of rotatable bonds is 6. The van der Waals surface area contributed by atoms with E-state index in [1.54, 1.807) is 24.3 Å². The van der Waals surface area contributed by atoms with Gasteiger partial charge in [0.1, 0.15) is 5.82 Å². The summed E-state index contributed by atoms with van der Waals surface area (Å²) in [5.41, 5.74) is 2.49. The van der Waals surface area contributed by atoms with Crippen molar-refractivity contribution in [3.63, 3.8) is 0 Å². The molecule has 140 valence electrons. The molecule has 0 heterocycles. The van der Waals surface area contributed by atoms with Crippen molar-refractivity contribution in [2.24, 2.45) is 0 Å². The molecule has 0 bridgehead atoms. The molecule has 6 heteroatoms. The Kier molecular flexibility index (Phi) is 6.98. The summed E-state index contributed by atoms with van der Waals surface area (Å²) in [6, 6.07) is 19.1. The van der Waals surface area contributed by atoms with Gasteiger partial charge in [0.15, 0.2) is 0 Å². The molecule has 0 aliphatic carbocycles. The Hall–Kier alpha value is -1.34. The van der Waals surface area contributed by atoms with Gasteiger partial charge in [-0.2, -0.15) is 0 Å². The topological polar surface area (TPSA) is 32.3 Å². The van der Waals surface area contributed by atoms with Crippen molar-refractivity contribution in [1.82, 2.24) is 0 Å². The van der Waals surface area contributed by atoms with Crippen LogP contribution in [0.1, 0.15) is 29.7 Å². The minimum absolute atomic E-state index is 0.208. The molecule has 3 aromatic rings. The van der Waals surface area contributed by atoms with Gasteiger partial charge in [-0.25, -0.2) is 4.39 Å². The minimum Gasteiger partial charge on any atom is -0.388 e. The first-order valence-electron chi connectivity index (χ1n) is 8.33. The first kappa shape index (κ1) is 20.4. The Morgan fingerprint density at radius 1 is 0.889 bits per heavy atom. The van der Waals surface area contributed by atoms with Crippen molar-refractivity contribution in [3.05, 3.63) is 97.3 Å². The molecule has 0 aromatic heterocycles. The number of hydrogen-bond donors (Lipinski definition) is 2. The molecule has 0 saturated carbocycles. The summed E-state index contributed by atoms with van der Waals surface area (Å²) in [6.45, 7) is 0. The normalized spacial score (nSPS) is 13.2. The number of benzene rings is 3. The van der Waals surface area contributed by atoms with Crippen LogP contribution in [0.3, 0.4) is 0 Å². The largest absolute Gasteiger partial charge is 0.388 e. The standard InChI is InChI=1S/C21H17Cl2FINO/c22-18-10-3-14(11-19(18)23)20(26-17-8-6-16(25)7-9-17)12-21(27)13-1-4-15(24)5-2-13/h1-11,20-21,26-27H,12H2. The molecule has 0 fully saturated rings. The quantitative estimate of drug-likeness (QED) is 0.346. The van der Waals surface area contributed by atoms with Gasteiger partial charge in [0.05, 0.1) is 22.2 Å². The summed E-state index contributed by atoms with van der Waals surface area (Å²) in [7, 11) is 0. The van der Waals surface area contributed by atoms with Crippen LogP contribution in [0.15, 0.2) is 66.7 Å². The molecule has 2 atom stereocenters. The van der Waals surface area contributed by atoms with E-state index in [0.717, 1.165) is 14.8 Å². The second kappa shape index (κ2) is 9.24. The van der Waals surface area contributed by atoms with Crippen LogP contribution in [0.2, 0.25) is 10.0 Å². The molecule has 0 aliphatic heterocycles. The maximum Gasteiger partial charge on any atom is 0.123 e. The Labute approximate surface area is 181 Å². The van der Waals surface area contributed by atoms with E-state index in [1.807, 2.05) is 30.3 Å². The highest BCUT2D eigenvalue weighted by Gasteiger charge is 2.19. The van der Waals surface area contributed by atoms with Gasteiger partial charge in [0.25, 0.3) is 0 Å². The molecule has 0 saturated heterocycles. The summed E-state index contributed by atoms with van der Waals surface area (Å²) >= 11 is 14.5. The summed E-state index contributed by atoms with van der Waals surface area (Å²) in [5, 5.41) is 15.0. The van der Waals surface area contributed by atoms with Crippen molar-refractivity contribution in [3.8, 4) is 0 Å². The summed E-state index contributed by atoms with van der Waals surface area (Å²) in [6.07, 6.45) is -0.378. The van der Waals surface area contributed by atoms with Gasteiger partial charge in [0.2, 0.25) is 0 Å². The molecule has 3 aromatic carbocycles. The second-order valence-corrected chi connectivity index (χ2v) is 8.24. The van der Waals surface area contributed by atoms with Crippen molar-refractivity contribution in [1.29, 1.82) is 0 Å². The molecule has 2 nitrogen and oxygen atoms in total. The average Bonchev–Trinajstić information content (AvgIpc) is 2.65. The number of anilines is 1. The fourth-order valence-electron chi connectivity index (χ4n) is 2.80. The monoisotopic (exact) mass is 515 g/mol. The van der Waals surface area contributed by atoms with Crippen LogP contribution in [0.4, 0.5) is 10.1 Å². The molecule has 2 unspecified atom stereocenters. The van der Waals surface area contributed by atoms with Crippen molar-refractivity contribution in [2.45, 2.75) is 18.6 Å². The lowest BCUT2D eigenvalue weighted by Gasteiger charge is -2.24. The van der Waals surface area contributed by atoms with Crippen LogP contribution in [-0.2, 0) is 0 Å². The van der Waals surface area contributed by atoms with Crippen LogP contribution in [0.5, 0.6) is 0 Å². The van der Waals surface area contributed by atoms with Crippen LogP contribution in [0, 0.1) is 9.39 Å². The zero-order chi connectivity index (χ0) is 19.4. The van der Waals surface area contributed by atoms with Gasteiger partial charge in [-0.1, -0.05) is 41.4 Å². The molecule has 27 heavy (non-hydrogen) atoms. The summed E-state index contributed by atoms with van der Waals surface area (Å²) in [4.78, 5) is 0. The minimum atomic E-state index is -0.763. The molecule has 0 spiro atoms. The Morgan fingerprint density at radius 2 is 1.52 bits per heavy atom. The van der Waals surface area contributed by atoms with Gasteiger partial charge in [-0.15, -0.1) is 0 Å². The van der Waals surface area contributed by atoms with Crippen LogP contribution >= 0.6 is 45.8 Å². The summed E-state index contributed by atoms with van der Waals surface area (Å²) in [5.74, 6) is -0.330. The fraction of sp³-hybridized carbons (Fsp3) is 0.143. The van der Waals surface area contributed by atoms with Crippen molar-refractivity contribution in [2.75, 3.05) is 5.32 Å². The van der Waals surface area contributed by atoms with Gasteiger partial charge >= 0.3 is 0 Å². The van der Waals surface area contributed by atoms with Gasteiger partial charge in [-0.3, -0.25) is 0 Å². The Morgan fingerprint density at radius 3 is 2.15 bits per heavy atom. The predicted octanol–water partition coefficient (Wildman–Crippen LogP) is 7.01. The lowest BCUT2D eigenvalue weighted by molar-refractivity contribution is 0.160. The molecule has 0 radical (unpaired) electrons. The average molecular weight is 516 g/mol. The summed E-state index contributed by atoms with van der Waals surface area (Å²) < 4.78 is 14.3. The third kappa shape index (κ3) is 5.57. The van der Waals surface area contributed by atoms with E-state index in [-0.39, 0.29) is 11.9 Å². The molecular weight excluding hydrogens is 499 g/mol. The van der Waals surface area contributed by atoms with E-state index < -0.39 is 6.10 Å². The maximum absolute atomic E-state index is 13.2. The van der Waals surface area contributed by atoms with Crippen molar-refractivity contribution >= 4 is 51.5 Å². The van der Waals surface area contributed by atoms with Gasteiger partial charge < -0.3 is 10.4 Å². The van der Waals surface area contributed by atoms with E-state index in [0.29, 0.717) is 22.0 Å². The first-order chi connectivity index (χ1) is 12.9. The molecule has 2 N–H and O–H groups in total. The molecule has 3 rings (SSSR count). The fourth-order valence-corrected chi connectivity index (χ4v) is 3.47. The highest BCUT2D eigenvalue weighted by molar-refractivity contribution is 14.1.